The van der Waals surface area contributed by atoms with E-state index in [4.69, 9.17) is 5.14 Å². The maximum absolute atomic E-state index is 12.2. The molecule has 2 rings (SSSR count). The molecule has 0 saturated carbocycles. The smallest absolute Gasteiger partial charge is 0.255 e. The zero-order chi connectivity index (χ0) is 17.0. The Balaban J connectivity index is 2.13. The molecule has 1 amide bonds. The van der Waals surface area contributed by atoms with Crippen molar-refractivity contribution < 1.29 is 13.2 Å². The predicted octanol–water partition coefficient (Wildman–Crippen LogP) is 2.78. The molecule has 0 heterocycles. The molecule has 0 radical (unpaired) electrons. The number of carbonyl (C=O) groups is 1. The van der Waals surface area contributed by atoms with Crippen molar-refractivity contribution in [3.05, 3.63) is 59.7 Å². The average molecular weight is 332 g/mol. The van der Waals surface area contributed by atoms with Gasteiger partial charge in [0.15, 0.2) is 0 Å². The van der Waals surface area contributed by atoms with Gasteiger partial charge < -0.3 is 5.32 Å². The molecule has 0 atom stereocenters. The van der Waals surface area contributed by atoms with Gasteiger partial charge >= 0.3 is 0 Å². The lowest BCUT2D eigenvalue weighted by atomic mass is 10.0. The van der Waals surface area contributed by atoms with Crippen LogP contribution in [0.4, 0.5) is 5.69 Å². The number of nitrogens with two attached hydrogens (primary N) is 1. The van der Waals surface area contributed by atoms with E-state index in [0.717, 1.165) is 6.42 Å². The van der Waals surface area contributed by atoms with Crippen LogP contribution in [0.1, 0.15) is 29.8 Å². The van der Waals surface area contributed by atoms with Crippen LogP contribution in [-0.2, 0) is 16.4 Å². The Morgan fingerprint density at radius 1 is 1.13 bits per heavy atom. The van der Waals surface area contributed by atoms with E-state index in [1.54, 1.807) is 18.2 Å². The first kappa shape index (κ1) is 17.2. The molecule has 23 heavy (non-hydrogen) atoms. The third kappa shape index (κ3) is 4.91. The Labute approximate surface area is 136 Å². The molecule has 0 aliphatic heterocycles. The number of anilines is 1. The molecule has 0 unspecified atom stereocenters. The van der Waals surface area contributed by atoms with Crippen LogP contribution in [0, 0.1) is 5.92 Å². The summed E-state index contributed by atoms with van der Waals surface area (Å²) in [6.45, 7) is 4.28. The molecule has 2 aromatic rings. The van der Waals surface area contributed by atoms with Gasteiger partial charge in [0.2, 0.25) is 10.0 Å². The standard InChI is InChI=1S/C17H20N2O3S/c1-12(2)10-13-6-8-14(9-7-13)17(20)19-15-4-3-5-16(11-15)23(18,21)22/h3-9,11-12H,10H2,1-2H3,(H,19,20)(H2,18,21,22). The van der Waals surface area contributed by atoms with E-state index in [9.17, 15) is 13.2 Å². The Morgan fingerprint density at radius 3 is 2.35 bits per heavy atom. The minimum atomic E-state index is -3.79. The third-order valence-electron chi connectivity index (χ3n) is 3.28. The zero-order valence-corrected chi connectivity index (χ0v) is 13.9. The SMILES string of the molecule is CC(C)Cc1ccc(C(=O)Nc2cccc(S(N)(=O)=O)c2)cc1. The molecule has 0 aliphatic rings. The molecule has 0 aliphatic carbocycles. The highest BCUT2D eigenvalue weighted by Gasteiger charge is 2.10. The van der Waals surface area contributed by atoms with Crippen molar-refractivity contribution in [2.45, 2.75) is 25.2 Å². The highest BCUT2D eigenvalue weighted by molar-refractivity contribution is 7.89. The van der Waals surface area contributed by atoms with Gasteiger partial charge in [0.05, 0.1) is 4.90 Å². The first-order chi connectivity index (χ1) is 10.8. The number of rotatable bonds is 5. The number of amides is 1. The first-order valence-electron chi connectivity index (χ1n) is 7.29. The summed E-state index contributed by atoms with van der Waals surface area (Å²) in [6, 6.07) is 13.2. The minimum Gasteiger partial charge on any atom is -0.322 e. The molecule has 6 heteroatoms. The topological polar surface area (TPSA) is 89.3 Å². The van der Waals surface area contributed by atoms with Gasteiger partial charge in [0.1, 0.15) is 0 Å². The second-order valence-electron chi connectivity index (χ2n) is 5.82. The summed E-state index contributed by atoms with van der Waals surface area (Å²) in [5, 5.41) is 7.76. The molecular formula is C17H20N2O3S. The number of hydrogen-bond acceptors (Lipinski definition) is 3. The summed E-state index contributed by atoms with van der Waals surface area (Å²) < 4.78 is 22.7. The molecule has 2 aromatic carbocycles. The van der Waals surface area contributed by atoms with E-state index in [2.05, 4.69) is 19.2 Å². The summed E-state index contributed by atoms with van der Waals surface area (Å²) in [6.07, 6.45) is 0.957. The minimum absolute atomic E-state index is 0.0393. The van der Waals surface area contributed by atoms with Gasteiger partial charge in [0.25, 0.3) is 5.91 Å². The van der Waals surface area contributed by atoms with Crippen molar-refractivity contribution >= 4 is 21.6 Å². The van der Waals surface area contributed by atoms with Crippen LogP contribution in [0.15, 0.2) is 53.4 Å². The van der Waals surface area contributed by atoms with E-state index in [-0.39, 0.29) is 10.8 Å². The predicted molar refractivity (Wildman–Crippen MR) is 90.8 cm³/mol. The molecule has 122 valence electrons. The Morgan fingerprint density at radius 2 is 1.78 bits per heavy atom. The molecule has 0 aromatic heterocycles. The molecule has 3 N–H and O–H groups in total. The molecule has 5 nitrogen and oxygen atoms in total. The fourth-order valence-corrected chi connectivity index (χ4v) is 2.78. The van der Waals surface area contributed by atoms with Crippen LogP contribution < -0.4 is 10.5 Å². The highest BCUT2D eigenvalue weighted by Crippen LogP contribution is 2.16. The molecule has 0 fully saturated rings. The number of benzene rings is 2. The maximum Gasteiger partial charge on any atom is 0.255 e. The molecular weight excluding hydrogens is 312 g/mol. The molecule has 0 spiro atoms. The average Bonchev–Trinajstić information content (AvgIpc) is 2.46. The molecule has 0 bridgehead atoms. The number of carbonyl (C=O) groups excluding carboxylic acids is 1. The lowest BCUT2D eigenvalue weighted by Crippen LogP contribution is -2.14. The lowest BCUT2D eigenvalue weighted by molar-refractivity contribution is 0.102. The van der Waals surface area contributed by atoms with Crippen molar-refractivity contribution in [1.82, 2.24) is 0 Å². The monoisotopic (exact) mass is 332 g/mol. The van der Waals surface area contributed by atoms with Crippen LogP contribution in [0.3, 0.4) is 0 Å². The highest BCUT2D eigenvalue weighted by atomic mass is 32.2. The van der Waals surface area contributed by atoms with Crippen LogP contribution in [0.5, 0.6) is 0 Å². The van der Waals surface area contributed by atoms with Gasteiger partial charge in [-0.1, -0.05) is 32.0 Å². The first-order valence-corrected chi connectivity index (χ1v) is 8.83. The van der Waals surface area contributed by atoms with E-state index in [1.807, 2.05) is 12.1 Å². The summed E-state index contributed by atoms with van der Waals surface area (Å²) in [5.41, 5.74) is 2.07. The van der Waals surface area contributed by atoms with Crippen molar-refractivity contribution in [1.29, 1.82) is 0 Å². The largest absolute Gasteiger partial charge is 0.322 e. The Kier molecular flexibility index (Phi) is 5.18. The normalized spacial score (nSPS) is 11.5. The van der Waals surface area contributed by atoms with Gasteiger partial charge in [-0.05, 0) is 48.2 Å². The number of sulfonamides is 1. The van der Waals surface area contributed by atoms with Gasteiger partial charge in [-0.3, -0.25) is 4.79 Å². The van der Waals surface area contributed by atoms with Gasteiger partial charge in [-0.2, -0.15) is 0 Å². The van der Waals surface area contributed by atoms with Gasteiger partial charge in [-0.25, -0.2) is 13.6 Å². The van der Waals surface area contributed by atoms with Crippen molar-refractivity contribution in [3.63, 3.8) is 0 Å². The Bertz CT molecular complexity index is 797. The lowest BCUT2D eigenvalue weighted by Gasteiger charge is -2.08. The number of nitrogens with one attached hydrogen (secondary N) is 1. The number of primary sulfonamides is 1. The summed E-state index contributed by atoms with van der Waals surface area (Å²) in [4.78, 5) is 12.2. The van der Waals surface area contributed by atoms with E-state index < -0.39 is 10.0 Å². The van der Waals surface area contributed by atoms with E-state index >= 15 is 0 Å². The fourth-order valence-electron chi connectivity index (χ4n) is 2.22. The van der Waals surface area contributed by atoms with Crippen molar-refractivity contribution in [3.8, 4) is 0 Å². The number of hydrogen-bond donors (Lipinski definition) is 2. The maximum atomic E-state index is 12.2. The van der Waals surface area contributed by atoms with Crippen LogP contribution in [0.25, 0.3) is 0 Å². The van der Waals surface area contributed by atoms with Crippen LogP contribution >= 0.6 is 0 Å². The van der Waals surface area contributed by atoms with Crippen molar-refractivity contribution in [2.24, 2.45) is 11.1 Å². The van der Waals surface area contributed by atoms with Crippen LogP contribution in [0.2, 0.25) is 0 Å². The Hall–Kier alpha value is -2.18. The molecule has 0 saturated heterocycles. The summed E-state index contributed by atoms with van der Waals surface area (Å²) in [5.74, 6) is 0.253. The van der Waals surface area contributed by atoms with E-state index in [1.165, 1.54) is 23.8 Å². The summed E-state index contributed by atoms with van der Waals surface area (Å²) in [7, 11) is -3.79. The van der Waals surface area contributed by atoms with Gasteiger partial charge in [0, 0.05) is 11.3 Å². The van der Waals surface area contributed by atoms with Crippen LogP contribution in [-0.4, -0.2) is 14.3 Å². The second-order valence-corrected chi connectivity index (χ2v) is 7.38. The second kappa shape index (κ2) is 6.93. The van der Waals surface area contributed by atoms with Gasteiger partial charge in [-0.15, -0.1) is 0 Å². The van der Waals surface area contributed by atoms with E-state index in [0.29, 0.717) is 17.2 Å². The quantitative estimate of drug-likeness (QED) is 0.882. The fraction of sp³-hybridized carbons (Fsp3) is 0.235. The summed E-state index contributed by atoms with van der Waals surface area (Å²) >= 11 is 0. The third-order valence-corrected chi connectivity index (χ3v) is 4.19. The van der Waals surface area contributed by atoms with Crippen molar-refractivity contribution in [2.75, 3.05) is 5.32 Å². The zero-order valence-electron chi connectivity index (χ0n) is 13.1.